The molecule has 7 nitrogen and oxygen atoms in total. The van der Waals surface area contributed by atoms with E-state index in [1.807, 2.05) is 67.6 Å². The third-order valence-electron chi connectivity index (χ3n) is 6.53. The molecule has 1 aliphatic rings. The van der Waals surface area contributed by atoms with Crippen LogP contribution in [-0.2, 0) is 5.54 Å². The zero-order valence-corrected chi connectivity index (χ0v) is 18.8. The Kier molecular flexibility index (Phi) is 4.58. The van der Waals surface area contributed by atoms with Gasteiger partial charge in [0.1, 0.15) is 5.52 Å². The molecule has 3 heterocycles. The minimum atomic E-state index is -0.471. The number of fused-ring (bicyclic) bond motifs is 3. The summed E-state index contributed by atoms with van der Waals surface area (Å²) in [6.07, 6.45) is 2.57. The molecule has 0 bridgehead atoms. The molecule has 5 aromatic rings. The summed E-state index contributed by atoms with van der Waals surface area (Å²) in [5, 5.41) is 14.4. The van der Waals surface area contributed by atoms with Gasteiger partial charge >= 0.3 is 0 Å². The van der Waals surface area contributed by atoms with Crippen LogP contribution in [0, 0.1) is 0 Å². The lowest BCUT2D eigenvalue weighted by atomic mass is 9.70. The van der Waals surface area contributed by atoms with Crippen molar-refractivity contribution in [2.75, 3.05) is 0 Å². The highest BCUT2D eigenvalue weighted by Gasteiger charge is 2.41. The fraction of sp³-hybridized carbons (Fsp3) is 0.185. The van der Waals surface area contributed by atoms with E-state index in [1.54, 1.807) is 10.7 Å². The SMILES string of the molecule is C=C(C)c1cc2ncc3nc(-c4ccccc4)c(-c4ccc([C@]5(N)C[C@H](O)C5)cc4)nc3n2n1. The van der Waals surface area contributed by atoms with Gasteiger partial charge in [0.15, 0.2) is 11.3 Å². The van der Waals surface area contributed by atoms with Gasteiger partial charge in [-0.05, 0) is 30.9 Å². The Morgan fingerprint density at radius 1 is 1.03 bits per heavy atom. The summed E-state index contributed by atoms with van der Waals surface area (Å²) in [4.78, 5) is 14.6. The summed E-state index contributed by atoms with van der Waals surface area (Å²) >= 11 is 0. The minimum absolute atomic E-state index is 0.324. The molecule has 0 atom stereocenters. The summed E-state index contributed by atoms with van der Waals surface area (Å²) in [5.74, 6) is 0. The Bertz CT molecular complexity index is 1550. The number of aromatic nitrogens is 5. The quantitative estimate of drug-likeness (QED) is 0.424. The first-order valence-electron chi connectivity index (χ1n) is 11.3. The maximum Gasteiger partial charge on any atom is 0.184 e. The zero-order valence-electron chi connectivity index (χ0n) is 18.8. The van der Waals surface area contributed by atoms with Gasteiger partial charge < -0.3 is 10.8 Å². The van der Waals surface area contributed by atoms with Crippen LogP contribution in [0.1, 0.15) is 31.0 Å². The molecule has 0 amide bonds. The Hall–Kier alpha value is -3.94. The van der Waals surface area contributed by atoms with Crippen molar-refractivity contribution in [2.24, 2.45) is 5.73 Å². The predicted octanol–water partition coefficient (Wildman–Crippen LogP) is 4.35. The number of nitrogens with zero attached hydrogens (tertiary/aromatic N) is 5. The lowest BCUT2D eigenvalue weighted by Gasteiger charge is -2.42. The van der Waals surface area contributed by atoms with Gasteiger partial charge in [-0.2, -0.15) is 9.61 Å². The Labute approximate surface area is 196 Å². The van der Waals surface area contributed by atoms with Crippen LogP contribution in [0.25, 0.3) is 44.9 Å². The summed E-state index contributed by atoms with van der Waals surface area (Å²) in [6, 6.07) is 20.0. The van der Waals surface area contributed by atoms with Crippen LogP contribution in [0.5, 0.6) is 0 Å². The summed E-state index contributed by atoms with van der Waals surface area (Å²) in [6.45, 7) is 5.92. The molecular weight excluding hydrogens is 424 g/mol. The van der Waals surface area contributed by atoms with Crippen LogP contribution in [-0.4, -0.2) is 35.8 Å². The first kappa shape index (κ1) is 20.7. The van der Waals surface area contributed by atoms with E-state index >= 15 is 0 Å². The first-order valence-corrected chi connectivity index (χ1v) is 11.3. The predicted molar refractivity (Wildman–Crippen MR) is 133 cm³/mol. The number of hydrogen-bond donors (Lipinski definition) is 2. The third-order valence-corrected chi connectivity index (χ3v) is 6.53. The third kappa shape index (κ3) is 3.29. The minimum Gasteiger partial charge on any atom is -0.393 e. The summed E-state index contributed by atoms with van der Waals surface area (Å²) in [7, 11) is 0. The molecule has 6 rings (SSSR count). The van der Waals surface area contributed by atoms with Gasteiger partial charge in [0.2, 0.25) is 0 Å². The highest BCUT2D eigenvalue weighted by Crippen LogP contribution is 2.40. The van der Waals surface area contributed by atoms with Gasteiger partial charge in [-0.15, -0.1) is 0 Å². The molecule has 1 fully saturated rings. The van der Waals surface area contributed by atoms with E-state index in [4.69, 9.17) is 15.7 Å². The fourth-order valence-electron chi connectivity index (χ4n) is 4.61. The lowest BCUT2D eigenvalue weighted by Crippen LogP contribution is -2.51. The maximum absolute atomic E-state index is 9.75. The topological polar surface area (TPSA) is 102 Å². The second kappa shape index (κ2) is 7.55. The molecule has 1 saturated carbocycles. The number of nitrogens with two attached hydrogens (primary N) is 1. The van der Waals surface area contributed by atoms with E-state index in [-0.39, 0.29) is 6.10 Å². The van der Waals surface area contributed by atoms with E-state index in [1.165, 1.54) is 0 Å². The van der Waals surface area contributed by atoms with Gasteiger partial charge in [-0.25, -0.2) is 15.0 Å². The smallest absolute Gasteiger partial charge is 0.184 e. The molecule has 0 saturated heterocycles. The molecule has 2 aromatic carbocycles. The summed E-state index contributed by atoms with van der Waals surface area (Å²) < 4.78 is 1.73. The van der Waals surface area contributed by atoms with Crippen molar-refractivity contribution in [1.82, 2.24) is 24.6 Å². The van der Waals surface area contributed by atoms with Gasteiger partial charge in [0.25, 0.3) is 0 Å². The normalized spacial score (nSPS) is 19.9. The number of allylic oxidation sites excluding steroid dienone is 1. The van der Waals surface area contributed by atoms with E-state index in [2.05, 4.69) is 16.7 Å². The molecule has 1 aliphatic carbocycles. The van der Waals surface area contributed by atoms with Gasteiger partial charge in [-0.3, -0.25) is 0 Å². The number of rotatable bonds is 4. The molecular formula is C27H24N6O. The van der Waals surface area contributed by atoms with Crippen molar-refractivity contribution in [1.29, 1.82) is 0 Å². The summed E-state index contributed by atoms with van der Waals surface area (Å²) in [5.41, 5.74) is 14.1. The molecule has 0 spiro atoms. The Morgan fingerprint density at radius 2 is 1.71 bits per heavy atom. The zero-order chi connectivity index (χ0) is 23.4. The highest BCUT2D eigenvalue weighted by atomic mass is 16.3. The van der Waals surface area contributed by atoms with Crippen molar-refractivity contribution in [2.45, 2.75) is 31.4 Å². The average Bonchev–Trinajstić information content (AvgIpc) is 3.28. The Morgan fingerprint density at radius 3 is 2.38 bits per heavy atom. The molecule has 3 aromatic heterocycles. The standard InChI is InChI=1S/C27H24N6O/c1-16(2)21-12-23-29-15-22-26(33(23)32-21)31-25(24(30-22)17-6-4-3-5-7-17)18-8-10-19(11-9-18)27(28)13-20(34)14-27/h3-12,15,20,34H,1,13-14,28H2,2H3/t20-,27-. The van der Waals surface area contributed by atoms with Gasteiger partial charge in [0.05, 0.1) is 29.4 Å². The van der Waals surface area contributed by atoms with Crippen molar-refractivity contribution >= 4 is 22.4 Å². The van der Waals surface area contributed by atoms with E-state index in [0.717, 1.165) is 39.3 Å². The fourth-order valence-corrected chi connectivity index (χ4v) is 4.61. The first-order chi connectivity index (χ1) is 16.4. The van der Waals surface area contributed by atoms with Crippen molar-refractivity contribution in [3.63, 3.8) is 0 Å². The molecule has 7 heteroatoms. The average molecular weight is 449 g/mol. The van der Waals surface area contributed by atoms with E-state index in [9.17, 15) is 5.11 Å². The molecule has 0 unspecified atom stereocenters. The van der Waals surface area contributed by atoms with Crippen molar-refractivity contribution in [3.05, 3.63) is 84.7 Å². The maximum atomic E-state index is 9.75. The van der Waals surface area contributed by atoms with Crippen LogP contribution in [0.3, 0.4) is 0 Å². The van der Waals surface area contributed by atoms with Crippen LogP contribution >= 0.6 is 0 Å². The van der Waals surface area contributed by atoms with Crippen LogP contribution in [0.4, 0.5) is 0 Å². The monoisotopic (exact) mass is 448 g/mol. The van der Waals surface area contributed by atoms with Crippen molar-refractivity contribution in [3.8, 4) is 22.5 Å². The van der Waals surface area contributed by atoms with Crippen LogP contribution in [0.15, 0.2) is 73.4 Å². The largest absolute Gasteiger partial charge is 0.393 e. The molecule has 34 heavy (non-hydrogen) atoms. The van der Waals surface area contributed by atoms with E-state index < -0.39 is 5.54 Å². The van der Waals surface area contributed by atoms with Gasteiger partial charge in [0, 0.05) is 22.7 Å². The second-order valence-electron chi connectivity index (χ2n) is 9.13. The van der Waals surface area contributed by atoms with Crippen LogP contribution in [0.2, 0.25) is 0 Å². The second-order valence-corrected chi connectivity index (χ2v) is 9.13. The number of aliphatic hydroxyl groups excluding tert-OH is 1. The molecule has 0 aliphatic heterocycles. The van der Waals surface area contributed by atoms with Gasteiger partial charge in [-0.1, -0.05) is 61.2 Å². The lowest BCUT2D eigenvalue weighted by molar-refractivity contribution is 0.0209. The molecule has 3 N–H and O–H groups in total. The van der Waals surface area contributed by atoms with E-state index in [0.29, 0.717) is 29.7 Å². The highest BCUT2D eigenvalue weighted by molar-refractivity contribution is 5.85. The Balaban J connectivity index is 1.56. The number of aliphatic hydroxyl groups is 1. The number of hydrogen-bond acceptors (Lipinski definition) is 6. The molecule has 0 radical (unpaired) electrons. The van der Waals surface area contributed by atoms with Crippen LogP contribution < -0.4 is 5.73 Å². The van der Waals surface area contributed by atoms with Crippen molar-refractivity contribution < 1.29 is 5.11 Å². The molecule has 168 valence electrons. The number of benzene rings is 2.